The van der Waals surface area contributed by atoms with Crippen LogP contribution in [0.2, 0.25) is 0 Å². The van der Waals surface area contributed by atoms with Crippen molar-refractivity contribution in [1.82, 2.24) is 19.7 Å². The maximum absolute atomic E-state index is 5.59. The van der Waals surface area contributed by atoms with Gasteiger partial charge in [0.2, 0.25) is 0 Å². The van der Waals surface area contributed by atoms with Crippen molar-refractivity contribution in [3.63, 3.8) is 0 Å². The van der Waals surface area contributed by atoms with Gasteiger partial charge in [-0.1, -0.05) is 0 Å². The van der Waals surface area contributed by atoms with Crippen molar-refractivity contribution in [2.75, 3.05) is 17.4 Å². The Kier molecular flexibility index (Phi) is 3.50. The smallest absolute Gasteiger partial charge is 0.148 e. The maximum atomic E-state index is 5.59. The molecule has 0 unspecified atom stereocenters. The minimum Gasteiger partial charge on any atom is -0.355 e. The molecule has 7 heteroatoms. The number of nitrogens with zero attached hydrogens (tertiary/aromatic N) is 5. The molecule has 0 bridgehead atoms. The summed E-state index contributed by atoms with van der Waals surface area (Å²) in [5, 5.41) is 4.20. The summed E-state index contributed by atoms with van der Waals surface area (Å²) in [6, 6.07) is 0. The van der Waals surface area contributed by atoms with Crippen LogP contribution in [0.3, 0.4) is 0 Å². The van der Waals surface area contributed by atoms with E-state index in [1.807, 2.05) is 33.4 Å². The van der Waals surface area contributed by atoms with Crippen molar-refractivity contribution in [3.8, 4) is 0 Å². The van der Waals surface area contributed by atoms with Gasteiger partial charge in [-0.05, 0) is 19.8 Å². The second-order valence-corrected chi connectivity index (χ2v) is 5.68. The second kappa shape index (κ2) is 5.33. The first-order chi connectivity index (χ1) is 10.1. The molecule has 3 N–H and O–H groups in total. The number of aromatic nitrogens is 4. The molecule has 2 aromatic rings. The minimum absolute atomic E-state index is 0.489. The van der Waals surface area contributed by atoms with Crippen molar-refractivity contribution >= 4 is 11.6 Å². The third-order valence-electron chi connectivity index (χ3n) is 3.76. The number of anilines is 2. The molecule has 1 saturated carbocycles. The highest BCUT2D eigenvalue weighted by Crippen LogP contribution is 2.39. The average molecular weight is 287 g/mol. The van der Waals surface area contributed by atoms with E-state index in [1.165, 1.54) is 12.8 Å². The lowest BCUT2D eigenvalue weighted by atomic mass is 10.2. The van der Waals surface area contributed by atoms with Crippen molar-refractivity contribution in [2.24, 2.45) is 12.9 Å². The van der Waals surface area contributed by atoms with Gasteiger partial charge in [-0.15, -0.1) is 0 Å². The van der Waals surface area contributed by atoms with Crippen LogP contribution in [0.15, 0.2) is 12.4 Å². The number of aryl methyl sites for hydroxylation is 1. The number of hydrogen-bond acceptors (Lipinski definition) is 6. The fourth-order valence-corrected chi connectivity index (χ4v) is 2.46. The molecule has 2 aromatic heterocycles. The Bertz CT molecular complexity index is 645. The first kappa shape index (κ1) is 13.8. The molecule has 0 radical (unpaired) electrons. The largest absolute Gasteiger partial charge is 0.355 e. The molecule has 21 heavy (non-hydrogen) atoms. The Morgan fingerprint density at radius 1 is 1.43 bits per heavy atom. The predicted octanol–water partition coefficient (Wildman–Crippen LogP) is 1.32. The first-order valence-electron chi connectivity index (χ1n) is 7.12. The number of rotatable bonds is 5. The van der Waals surface area contributed by atoms with E-state index in [1.54, 1.807) is 4.68 Å². The SMILES string of the molecule is Cc1c(NN)nc(C2CC2)nc1N(C)Cc1cnn(C)c1. The normalized spacial score (nSPS) is 14.3. The molecular weight excluding hydrogens is 266 g/mol. The van der Waals surface area contributed by atoms with Gasteiger partial charge in [0.05, 0.1) is 6.20 Å². The summed E-state index contributed by atoms with van der Waals surface area (Å²) in [5.74, 6) is 8.60. The second-order valence-electron chi connectivity index (χ2n) is 5.68. The molecule has 0 saturated heterocycles. The summed E-state index contributed by atoms with van der Waals surface area (Å²) in [6.45, 7) is 2.74. The summed E-state index contributed by atoms with van der Waals surface area (Å²) in [7, 11) is 3.94. The number of hydrazine groups is 1. The summed E-state index contributed by atoms with van der Waals surface area (Å²) < 4.78 is 1.80. The average Bonchev–Trinajstić information content (AvgIpc) is 3.23. The van der Waals surface area contributed by atoms with E-state index in [9.17, 15) is 0 Å². The Hall–Kier alpha value is -2.15. The van der Waals surface area contributed by atoms with Crippen LogP contribution in [0.25, 0.3) is 0 Å². The Morgan fingerprint density at radius 3 is 2.76 bits per heavy atom. The van der Waals surface area contributed by atoms with Gasteiger partial charge in [-0.2, -0.15) is 5.10 Å². The standard InChI is InChI=1S/C14H21N7/c1-9-12(19-15)17-13(11-4-5-11)18-14(9)20(2)7-10-6-16-21(3)8-10/h6,8,11H,4-5,7,15H2,1-3H3,(H,17,18,19). The molecule has 2 heterocycles. The highest BCUT2D eigenvalue weighted by Gasteiger charge is 2.28. The molecule has 1 fully saturated rings. The van der Waals surface area contributed by atoms with Gasteiger partial charge in [-0.3, -0.25) is 4.68 Å². The fourth-order valence-electron chi connectivity index (χ4n) is 2.46. The van der Waals surface area contributed by atoms with Crippen molar-refractivity contribution in [1.29, 1.82) is 0 Å². The van der Waals surface area contributed by atoms with E-state index < -0.39 is 0 Å². The van der Waals surface area contributed by atoms with Crippen LogP contribution >= 0.6 is 0 Å². The highest BCUT2D eigenvalue weighted by atomic mass is 15.3. The number of nitrogens with two attached hydrogens (primary N) is 1. The zero-order valence-electron chi connectivity index (χ0n) is 12.7. The van der Waals surface area contributed by atoms with E-state index in [2.05, 4.69) is 20.4 Å². The predicted molar refractivity (Wildman–Crippen MR) is 81.9 cm³/mol. The molecule has 0 aliphatic heterocycles. The van der Waals surface area contributed by atoms with Gasteiger partial charge in [-0.25, -0.2) is 15.8 Å². The van der Waals surface area contributed by atoms with E-state index in [0.717, 1.165) is 29.3 Å². The zero-order chi connectivity index (χ0) is 15.0. The molecule has 1 aliphatic carbocycles. The van der Waals surface area contributed by atoms with Gasteiger partial charge in [0.1, 0.15) is 17.5 Å². The number of nitrogens with one attached hydrogen (secondary N) is 1. The summed E-state index contributed by atoms with van der Waals surface area (Å²) in [4.78, 5) is 11.4. The lowest BCUT2D eigenvalue weighted by Gasteiger charge is -2.21. The molecule has 3 rings (SSSR count). The van der Waals surface area contributed by atoms with Crippen LogP contribution in [0.1, 0.15) is 35.7 Å². The third kappa shape index (κ3) is 2.82. The third-order valence-corrected chi connectivity index (χ3v) is 3.76. The number of nitrogen functional groups attached to an aromatic ring is 1. The van der Waals surface area contributed by atoms with E-state index >= 15 is 0 Å². The molecule has 0 aromatic carbocycles. The quantitative estimate of drug-likeness (QED) is 0.637. The Balaban J connectivity index is 1.90. The van der Waals surface area contributed by atoms with Crippen LogP contribution in [-0.2, 0) is 13.6 Å². The lowest BCUT2D eigenvalue weighted by molar-refractivity contribution is 0.766. The topological polar surface area (TPSA) is 84.9 Å². The lowest BCUT2D eigenvalue weighted by Crippen LogP contribution is -2.22. The molecular formula is C14H21N7. The van der Waals surface area contributed by atoms with Crippen molar-refractivity contribution in [3.05, 3.63) is 29.3 Å². The molecule has 0 spiro atoms. The van der Waals surface area contributed by atoms with Gasteiger partial charge in [0.15, 0.2) is 0 Å². The molecule has 0 atom stereocenters. The van der Waals surface area contributed by atoms with E-state index in [4.69, 9.17) is 10.8 Å². The molecule has 112 valence electrons. The Morgan fingerprint density at radius 2 is 2.19 bits per heavy atom. The summed E-state index contributed by atoms with van der Waals surface area (Å²) in [6.07, 6.45) is 6.21. The highest BCUT2D eigenvalue weighted by molar-refractivity contribution is 5.58. The van der Waals surface area contributed by atoms with Crippen LogP contribution in [0.5, 0.6) is 0 Å². The van der Waals surface area contributed by atoms with Gasteiger partial charge < -0.3 is 10.3 Å². The van der Waals surface area contributed by atoms with E-state index in [0.29, 0.717) is 11.7 Å². The molecule has 1 aliphatic rings. The fraction of sp³-hybridized carbons (Fsp3) is 0.500. The van der Waals surface area contributed by atoms with Crippen molar-refractivity contribution in [2.45, 2.75) is 32.2 Å². The minimum atomic E-state index is 0.489. The van der Waals surface area contributed by atoms with Gasteiger partial charge in [0, 0.05) is 43.9 Å². The summed E-state index contributed by atoms with van der Waals surface area (Å²) in [5.41, 5.74) is 4.80. The number of hydrogen-bond donors (Lipinski definition) is 2. The summed E-state index contributed by atoms with van der Waals surface area (Å²) >= 11 is 0. The maximum Gasteiger partial charge on any atom is 0.148 e. The van der Waals surface area contributed by atoms with Crippen LogP contribution in [0.4, 0.5) is 11.6 Å². The molecule has 7 nitrogen and oxygen atoms in total. The monoisotopic (exact) mass is 287 g/mol. The van der Waals surface area contributed by atoms with Crippen LogP contribution in [0, 0.1) is 6.92 Å². The first-order valence-corrected chi connectivity index (χ1v) is 7.12. The molecule has 0 amide bonds. The van der Waals surface area contributed by atoms with Crippen molar-refractivity contribution < 1.29 is 0 Å². The van der Waals surface area contributed by atoms with Crippen LogP contribution < -0.4 is 16.2 Å². The van der Waals surface area contributed by atoms with E-state index in [-0.39, 0.29) is 0 Å². The Labute approximate surface area is 124 Å². The van der Waals surface area contributed by atoms with Crippen LogP contribution in [-0.4, -0.2) is 26.8 Å². The van der Waals surface area contributed by atoms with Gasteiger partial charge >= 0.3 is 0 Å². The zero-order valence-corrected chi connectivity index (χ0v) is 12.7. The van der Waals surface area contributed by atoms with Gasteiger partial charge in [0.25, 0.3) is 0 Å².